The summed E-state index contributed by atoms with van der Waals surface area (Å²) in [5.74, 6) is 0.475. The van der Waals surface area contributed by atoms with E-state index < -0.39 is 0 Å². The molecule has 2 heterocycles. The fraction of sp³-hybridized carbons (Fsp3) is 0.267. The number of fused-ring (bicyclic) bond motifs is 1. The molecule has 1 atom stereocenters. The van der Waals surface area contributed by atoms with E-state index in [1.54, 1.807) is 11.3 Å². The zero-order valence-corrected chi connectivity index (χ0v) is 14.5. The molecular formula is C15H15BrN2S2. The van der Waals surface area contributed by atoms with Crippen molar-refractivity contribution in [2.45, 2.75) is 19.9 Å². The van der Waals surface area contributed by atoms with Crippen LogP contribution in [0.15, 0.2) is 40.2 Å². The minimum absolute atomic E-state index is 0.275. The molecular weight excluding hydrogens is 352 g/mol. The lowest BCUT2D eigenvalue weighted by atomic mass is 10.0. The van der Waals surface area contributed by atoms with E-state index in [2.05, 4.69) is 75.0 Å². The second-order valence-electron chi connectivity index (χ2n) is 5.17. The highest BCUT2D eigenvalue weighted by atomic mass is 79.9. The number of halogens is 1. The van der Waals surface area contributed by atoms with Gasteiger partial charge < -0.3 is 9.55 Å². The largest absolute Gasteiger partial charge is 0.331 e. The van der Waals surface area contributed by atoms with E-state index in [9.17, 15) is 0 Å². The number of hydrogen-bond acceptors (Lipinski definition) is 2. The molecule has 3 aromatic rings. The summed E-state index contributed by atoms with van der Waals surface area (Å²) in [6.45, 7) is 4.48. The fourth-order valence-corrected chi connectivity index (χ4v) is 4.26. The highest BCUT2D eigenvalue weighted by molar-refractivity contribution is 9.10. The summed E-state index contributed by atoms with van der Waals surface area (Å²) in [5.41, 5.74) is 2.23. The number of aromatic amines is 1. The van der Waals surface area contributed by atoms with Gasteiger partial charge >= 0.3 is 0 Å². The molecule has 20 heavy (non-hydrogen) atoms. The SMILES string of the molecule is CC(C)C(c1cccs1)n1c(=S)[nH]c2cc(Br)ccc21. The molecule has 1 aromatic carbocycles. The van der Waals surface area contributed by atoms with Crippen LogP contribution in [0.2, 0.25) is 0 Å². The molecule has 1 N–H and O–H groups in total. The first-order valence-corrected chi connectivity index (χ1v) is 8.59. The van der Waals surface area contributed by atoms with Gasteiger partial charge in [0.25, 0.3) is 0 Å². The summed E-state index contributed by atoms with van der Waals surface area (Å²) in [6, 6.07) is 10.8. The topological polar surface area (TPSA) is 20.7 Å². The maximum Gasteiger partial charge on any atom is 0.178 e. The minimum Gasteiger partial charge on any atom is -0.331 e. The second-order valence-corrected chi connectivity index (χ2v) is 7.45. The van der Waals surface area contributed by atoms with E-state index in [-0.39, 0.29) is 6.04 Å². The summed E-state index contributed by atoms with van der Waals surface area (Å²) in [5, 5.41) is 2.12. The van der Waals surface area contributed by atoms with Crippen LogP contribution in [-0.4, -0.2) is 9.55 Å². The van der Waals surface area contributed by atoms with Crippen LogP contribution >= 0.6 is 39.5 Å². The number of hydrogen-bond donors (Lipinski definition) is 1. The summed E-state index contributed by atoms with van der Waals surface area (Å²) < 4.78 is 4.09. The highest BCUT2D eigenvalue weighted by Gasteiger charge is 2.21. The molecule has 0 bridgehead atoms. The summed E-state index contributed by atoms with van der Waals surface area (Å²) in [7, 11) is 0. The number of thiophene rings is 1. The monoisotopic (exact) mass is 366 g/mol. The van der Waals surface area contributed by atoms with Gasteiger partial charge in [0.15, 0.2) is 4.77 Å². The van der Waals surface area contributed by atoms with Crippen molar-refractivity contribution in [3.63, 3.8) is 0 Å². The summed E-state index contributed by atoms with van der Waals surface area (Å²) in [4.78, 5) is 4.66. The lowest BCUT2D eigenvalue weighted by Crippen LogP contribution is -2.15. The lowest BCUT2D eigenvalue weighted by molar-refractivity contribution is 0.449. The number of nitrogens with one attached hydrogen (secondary N) is 1. The zero-order valence-electron chi connectivity index (χ0n) is 11.3. The maximum absolute atomic E-state index is 5.56. The molecule has 1 unspecified atom stereocenters. The summed E-state index contributed by atoms with van der Waals surface area (Å²) >= 11 is 10.9. The molecule has 3 rings (SSSR count). The second kappa shape index (κ2) is 5.47. The van der Waals surface area contributed by atoms with Gasteiger partial charge in [-0.1, -0.05) is 35.8 Å². The molecule has 0 amide bonds. The Kier molecular flexibility index (Phi) is 3.84. The quantitative estimate of drug-likeness (QED) is 0.583. The van der Waals surface area contributed by atoms with Gasteiger partial charge in [-0.05, 0) is 47.8 Å². The van der Waals surface area contributed by atoms with Gasteiger partial charge in [-0.15, -0.1) is 11.3 Å². The lowest BCUT2D eigenvalue weighted by Gasteiger charge is -2.22. The van der Waals surface area contributed by atoms with Gasteiger partial charge in [0.05, 0.1) is 17.1 Å². The van der Waals surface area contributed by atoms with Crippen molar-refractivity contribution in [1.82, 2.24) is 9.55 Å². The number of H-pyrrole nitrogens is 1. The molecule has 0 spiro atoms. The fourth-order valence-electron chi connectivity index (χ4n) is 2.59. The number of rotatable bonds is 3. The third-order valence-corrected chi connectivity index (χ3v) is 5.16. The van der Waals surface area contributed by atoms with Crippen LogP contribution in [0, 0.1) is 10.7 Å². The standard InChI is InChI=1S/C15H15BrN2S2/c1-9(2)14(13-4-3-7-20-13)18-12-6-5-10(16)8-11(12)17-15(18)19/h3-9,14H,1-2H3,(H,17,19). The van der Waals surface area contributed by atoms with E-state index >= 15 is 0 Å². The maximum atomic E-state index is 5.56. The zero-order chi connectivity index (χ0) is 14.3. The Morgan fingerprint density at radius 3 is 2.75 bits per heavy atom. The molecule has 5 heteroatoms. The summed E-state index contributed by atoms with van der Waals surface area (Å²) in [6.07, 6.45) is 0. The molecule has 0 aliphatic heterocycles. The van der Waals surface area contributed by atoms with Gasteiger partial charge in [0, 0.05) is 9.35 Å². The Morgan fingerprint density at radius 1 is 1.30 bits per heavy atom. The Labute approximate surface area is 135 Å². The first kappa shape index (κ1) is 14.0. The minimum atomic E-state index is 0.275. The number of benzene rings is 1. The molecule has 0 aliphatic rings. The van der Waals surface area contributed by atoms with Crippen molar-refractivity contribution >= 4 is 50.5 Å². The highest BCUT2D eigenvalue weighted by Crippen LogP contribution is 2.33. The molecule has 0 saturated carbocycles. The Bertz CT molecular complexity index is 784. The van der Waals surface area contributed by atoms with Crippen molar-refractivity contribution in [1.29, 1.82) is 0 Å². The Morgan fingerprint density at radius 2 is 2.10 bits per heavy atom. The number of nitrogens with zero attached hydrogens (tertiary/aromatic N) is 1. The van der Waals surface area contributed by atoms with E-state index in [1.165, 1.54) is 4.88 Å². The van der Waals surface area contributed by atoms with E-state index in [0.717, 1.165) is 20.3 Å². The van der Waals surface area contributed by atoms with Gasteiger partial charge in [0.1, 0.15) is 0 Å². The first-order chi connectivity index (χ1) is 9.58. The van der Waals surface area contributed by atoms with E-state index in [4.69, 9.17) is 12.2 Å². The van der Waals surface area contributed by atoms with Gasteiger partial charge in [-0.2, -0.15) is 0 Å². The molecule has 0 saturated heterocycles. The third-order valence-electron chi connectivity index (χ3n) is 3.42. The predicted octanol–water partition coefficient (Wildman–Crippen LogP) is 5.77. The predicted molar refractivity (Wildman–Crippen MR) is 92.1 cm³/mol. The van der Waals surface area contributed by atoms with Crippen molar-refractivity contribution in [2.75, 3.05) is 0 Å². The Hall–Kier alpha value is -0.910. The van der Waals surface area contributed by atoms with Crippen LogP contribution in [0.25, 0.3) is 11.0 Å². The van der Waals surface area contributed by atoms with Crippen molar-refractivity contribution in [3.05, 3.63) is 49.8 Å². The van der Waals surface area contributed by atoms with E-state index in [0.29, 0.717) is 5.92 Å². The van der Waals surface area contributed by atoms with Crippen LogP contribution in [0.3, 0.4) is 0 Å². The van der Waals surface area contributed by atoms with E-state index in [1.807, 2.05) is 0 Å². The van der Waals surface area contributed by atoms with Crippen molar-refractivity contribution in [2.24, 2.45) is 5.92 Å². The van der Waals surface area contributed by atoms with Crippen LogP contribution in [0.1, 0.15) is 24.8 Å². The normalized spacial score (nSPS) is 13.2. The average molecular weight is 367 g/mol. The van der Waals surface area contributed by atoms with Gasteiger partial charge in [-0.25, -0.2) is 0 Å². The molecule has 2 aromatic heterocycles. The van der Waals surface area contributed by atoms with Crippen molar-refractivity contribution < 1.29 is 0 Å². The van der Waals surface area contributed by atoms with Gasteiger partial charge in [-0.3, -0.25) is 0 Å². The molecule has 2 nitrogen and oxygen atoms in total. The molecule has 0 fully saturated rings. The van der Waals surface area contributed by atoms with Crippen molar-refractivity contribution in [3.8, 4) is 0 Å². The van der Waals surface area contributed by atoms with Crippen LogP contribution in [-0.2, 0) is 0 Å². The number of imidazole rings is 1. The van der Waals surface area contributed by atoms with Crippen LogP contribution < -0.4 is 0 Å². The smallest absolute Gasteiger partial charge is 0.178 e. The number of aromatic nitrogens is 2. The molecule has 104 valence electrons. The molecule has 0 radical (unpaired) electrons. The van der Waals surface area contributed by atoms with Gasteiger partial charge in [0.2, 0.25) is 0 Å². The average Bonchev–Trinajstić information content (AvgIpc) is 2.98. The van der Waals surface area contributed by atoms with Crippen LogP contribution in [0.4, 0.5) is 0 Å². The van der Waals surface area contributed by atoms with Crippen LogP contribution in [0.5, 0.6) is 0 Å². The Balaban J connectivity index is 2.26. The third kappa shape index (κ3) is 2.38. The first-order valence-electron chi connectivity index (χ1n) is 6.51. The molecule has 0 aliphatic carbocycles.